The Morgan fingerprint density at radius 1 is 1.00 bits per heavy atom. The number of hydrogen-bond acceptors (Lipinski definition) is 2. The molecule has 2 N–H and O–H groups in total. The monoisotopic (exact) mass is 408 g/mol. The lowest BCUT2D eigenvalue weighted by Crippen LogP contribution is -3.11. The van der Waals surface area contributed by atoms with Gasteiger partial charge >= 0.3 is 0 Å². The van der Waals surface area contributed by atoms with Crippen LogP contribution in [-0.4, -0.2) is 43.4 Å². The Kier molecular flexibility index (Phi) is 7.78. The SMILES string of the molecule is CCN(CC)C(=O)[C@@H](c1ccccc1)[NH+](C)CC(=O)Nc1ccc(F)c(F)c1F. The number of quaternary nitrogens is 1. The molecule has 0 bridgehead atoms. The fraction of sp³-hybridized carbons (Fsp3) is 0.333. The van der Waals surface area contributed by atoms with Crippen LogP contribution in [0.25, 0.3) is 0 Å². The van der Waals surface area contributed by atoms with E-state index >= 15 is 0 Å². The Bertz CT molecular complexity index is 858. The molecule has 0 saturated heterocycles. The van der Waals surface area contributed by atoms with Crippen LogP contribution in [0.15, 0.2) is 42.5 Å². The molecule has 0 saturated carbocycles. The van der Waals surface area contributed by atoms with Crippen molar-refractivity contribution in [1.29, 1.82) is 0 Å². The molecule has 5 nitrogen and oxygen atoms in total. The first-order valence-corrected chi connectivity index (χ1v) is 9.39. The summed E-state index contributed by atoms with van der Waals surface area (Å²) in [7, 11) is 1.68. The van der Waals surface area contributed by atoms with Crippen LogP contribution in [0.5, 0.6) is 0 Å². The van der Waals surface area contributed by atoms with Gasteiger partial charge in [0.15, 0.2) is 30.0 Å². The second kappa shape index (κ2) is 10.1. The molecule has 29 heavy (non-hydrogen) atoms. The highest BCUT2D eigenvalue weighted by molar-refractivity contribution is 5.92. The lowest BCUT2D eigenvalue weighted by Gasteiger charge is -2.29. The molecule has 0 spiro atoms. The number of rotatable bonds is 8. The topological polar surface area (TPSA) is 53.9 Å². The predicted octanol–water partition coefficient (Wildman–Crippen LogP) is 2.17. The van der Waals surface area contributed by atoms with Crippen molar-refractivity contribution in [1.82, 2.24) is 4.90 Å². The van der Waals surface area contributed by atoms with Crippen molar-refractivity contribution >= 4 is 17.5 Å². The van der Waals surface area contributed by atoms with Gasteiger partial charge in [-0.2, -0.15) is 0 Å². The smallest absolute Gasteiger partial charge is 0.285 e. The third kappa shape index (κ3) is 5.35. The molecule has 0 radical (unpaired) electrons. The van der Waals surface area contributed by atoms with E-state index in [0.717, 1.165) is 17.7 Å². The van der Waals surface area contributed by atoms with Crippen LogP contribution >= 0.6 is 0 Å². The predicted molar refractivity (Wildman–Crippen MR) is 104 cm³/mol. The quantitative estimate of drug-likeness (QED) is 0.658. The lowest BCUT2D eigenvalue weighted by atomic mass is 10.0. The van der Waals surface area contributed by atoms with Gasteiger partial charge in [-0.3, -0.25) is 9.59 Å². The average Bonchev–Trinajstić information content (AvgIpc) is 2.70. The van der Waals surface area contributed by atoms with E-state index in [1.165, 1.54) is 0 Å². The average molecular weight is 408 g/mol. The fourth-order valence-corrected chi connectivity index (χ4v) is 3.17. The number of carbonyl (C=O) groups excluding carboxylic acids is 2. The van der Waals surface area contributed by atoms with Crippen molar-refractivity contribution in [2.45, 2.75) is 19.9 Å². The third-order valence-corrected chi connectivity index (χ3v) is 4.70. The molecule has 2 amide bonds. The number of hydrogen-bond donors (Lipinski definition) is 2. The first-order chi connectivity index (χ1) is 13.8. The van der Waals surface area contributed by atoms with Gasteiger partial charge in [0.1, 0.15) is 0 Å². The van der Waals surface area contributed by atoms with Gasteiger partial charge in [0.2, 0.25) is 0 Å². The Hall–Kier alpha value is -2.87. The highest BCUT2D eigenvalue weighted by Gasteiger charge is 2.33. The van der Waals surface area contributed by atoms with E-state index in [1.807, 2.05) is 44.2 Å². The summed E-state index contributed by atoms with van der Waals surface area (Å²) in [6.07, 6.45) is 0. The summed E-state index contributed by atoms with van der Waals surface area (Å²) in [5.74, 6) is -5.21. The minimum absolute atomic E-state index is 0.134. The maximum absolute atomic E-state index is 13.8. The van der Waals surface area contributed by atoms with Gasteiger partial charge in [-0.05, 0) is 26.0 Å². The molecule has 2 aromatic carbocycles. The van der Waals surface area contributed by atoms with Crippen LogP contribution in [0.4, 0.5) is 18.9 Å². The highest BCUT2D eigenvalue weighted by atomic mass is 19.2. The van der Waals surface area contributed by atoms with E-state index in [4.69, 9.17) is 0 Å². The van der Waals surface area contributed by atoms with Gasteiger partial charge in [0.05, 0.1) is 12.7 Å². The summed E-state index contributed by atoms with van der Waals surface area (Å²) in [4.78, 5) is 27.7. The number of nitrogens with zero attached hydrogens (tertiary/aromatic N) is 1. The Morgan fingerprint density at radius 2 is 1.62 bits per heavy atom. The molecule has 0 aliphatic carbocycles. The van der Waals surface area contributed by atoms with E-state index in [2.05, 4.69) is 5.32 Å². The molecule has 156 valence electrons. The molecular weight excluding hydrogens is 383 g/mol. The maximum Gasteiger partial charge on any atom is 0.285 e. The molecule has 2 rings (SSSR count). The standard InChI is InChI=1S/C21H24F3N3O2/c1-4-27(5-2)21(29)20(14-9-7-6-8-10-14)26(3)13-17(28)25-16-12-11-15(22)18(23)19(16)24/h6-12,20H,4-5,13H2,1-3H3,(H,25,28)/p+1/t20-/m1/s1. The molecular formula is C21H25F3N3O2+. The second-order valence-corrected chi connectivity index (χ2v) is 6.65. The van der Waals surface area contributed by atoms with E-state index in [1.54, 1.807) is 11.9 Å². The normalized spacial score (nSPS) is 12.9. The molecule has 0 heterocycles. The van der Waals surface area contributed by atoms with Crippen LogP contribution in [0, 0.1) is 17.5 Å². The van der Waals surface area contributed by atoms with E-state index in [-0.39, 0.29) is 12.5 Å². The largest absolute Gasteiger partial charge is 0.338 e. The number of benzene rings is 2. The first kappa shape index (κ1) is 22.4. The van der Waals surface area contributed by atoms with E-state index in [9.17, 15) is 22.8 Å². The molecule has 0 aliphatic heterocycles. The summed E-state index contributed by atoms with van der Waals surface area (Å²) >= 11 is 0. The molecule has 8 heteroatoms. The summed E-state index contributed by atoms with van der Waals surface area (Å²) in [5, 5.41) is 2.25. The Balaban J connectivity index is 2.21. The third-order valence-electron chi connectivity index (χ3n) is 4.70. The van der Waals surface area contributed by atoms with Crippen molar-refractivity contribution in [3.05, 3.63) is 65.5 Å². The molecule has 2 aromatic rings. The molecule has 0 aliphatic rings. The van der Waals surface area contributed by atoms with Crippen molar-refractivity contribution in [2.75, 3.05) is 32.0 Å². The molecule has 1 unspecified atom stereocenters. The van der Waals surface area contributed by atoms with Gasteiger partial charge in [-0.25, -0.2) is 13.2 Å². The number of nitrogens with one attached hydrogen (secondary N) is 2. The molecule has 2 atom stereocenters. The van der Waals surface area contributed by atoms with Gasteiger partial charge in [0, 0.05) is 18.7 Å². The van der Waals surface area contributed by atoms with E-state index < -0.39 is 35.1 Å². The zero-order valence-corrected chi connectivity index (χ0v) is 16.6. The van der Waals surface area contributed by atoms with Crippen LogP contribution in [-0.2, 0) is 9.59 Å². The number of halogens is 3. The van der Waals surface area contributed by atoms with Crippen LogP contribution in [0.1, 0.15) is 25.5 Å². The van der Waals surface area contributed by atoms with Crippen LogP contribution in [0.2, 0.25) is 0 Å². The van der Waals surface area contributed by atoms with Crippen molar-refractivity contribution in [2.24, 2.45) is 0 Å². The van der Waals surface area contributed by atoms with E-state index in [0.29, 0.717) is 18.0 Å². The number of likely N-dealkylation sites (N-methyl/N-ethyl adjacent to an activating group) is 2. The van der Waals surface area contributed by atoms with Gasteiger partial charge in [-0.1, -0.05) is 30.3 Å². The number of anilines is 1. The Labute approximate surface area is 168 Å². The number of carbonyl (C=O) groups is 2. The summed E-state index contributed by atoms with van der Waals surface area (Å²) in [6.45, 7) is 4.62. The summed E-state index contributed by atoms with van der Waals surface area (Å²) in [6, 6.07) is 10.1. The summed E-state index contributed by atoms with van der Waals surface area (Å²) < 4.78 is 40.2. The zero-order valence-electron chi connectivity index (χ0n) is 16.6. The van der Waals surface area contributed by atoms with Gasteiger partial charge in [0.25, 0.3) is 11.8 Å². The first-order valence-electron chi connectivity index (χ1n) is 9.39. The molecule has 0 fully saturated rings. The molecule has 0 aromatic heterocycles. The lowest BCUT2D eigenvalue weighted by molar-refractivity contribution is -0.894. The zero-order chi connectivity index (χ0) is 21.6. The summed E-state index contributed by atoms with van der Waals surface area (Å²) in [5.41, 5.74) is 0.293. The fourth-order valence-electron chi connectivity index (χ4n) is 3.17. The minimum atomic E-state index is -1.65. The Morgan fingerprint density at radius 3 is 2.21 bits per heavy atom. The van der Waals surface area contributed by atoms with Crippen molar-refractivity contribution in [3.63, 3.8) is 0 Å². The minimum Gasteiger partial charge on any atom is -0.338 e. The second-order valence-electron chi connectivity index (χ2n) is 6.65. The number of amides is 2. The van der Waals surface area contributed by atoms with Gasteiger partial charge in [-0.15, -0.1) is 0 Å². The van der Waals surface area contributed by atoms with Crippen molar-refractivity contribution < 1.29 is 27.7 Å². The van der Waals surface area contributed by atoms with Crippen LogP contribution < -0.4 is 10.2 Å². The van der Waals surface area contributed by atoms with Crippen molar-refractivity contribution in [3.8, 4) is 0 Å². The van der Waals surface area contributed by atoms with Crippen LogP contribution in [0.3, 0.4) is 0 Å². The maximum atomic E-state index is 13.8. The van der Waals surface area contributed by atoms with Gasteiger partial charge < -0.3 is 15.1 Å². The highest BCUT2D eigenvalue weighted by Crippen LogP contribution is 2.19.